The maximum Gasteiger partial charge on any atom is 0.226 e. The van der Waals surface area contributed by atoms with E-state index in [1.807, 2.05) is 29.7 Å². The van der Waals surface area contributed by atoms with Crippen LogP contribution in [0, 0.1) is 19.7 Å². The van der Waals surface area contributed by atoms with Crippen LogP contribution >= 0.6 is 0 Å². The molecule has 4 rings (SSSR count). The summed E-state index contributed by atoms with van der Waals surface area (Å²) in [5, 5.41) is 2.98. The molecule has 1 N–H and O–H groups in total. The molecule has 3 heterocycles. The van der Waals surface area contributed by atoms with Gasteiger partial charge in [0.25, 0.3) is 0 Å². The highest BCUT2D eigenvalue weighted by molar-refractivity contribution is 5.81. The Bertz CT molecular complexity index is 1020. The molecule has 5 nitrogen and oxygen atoms in total. The zero-order valence-electron chi connectivity index (χ0n) is 16.2. The number of halogens is 1. The second kappa shape index (κ2) is 7.72. The average molecular weight is 381 g/mol. The van der Waals surface area contributed by atoms with E-state index in [2.05, 4.69) is 5.32 Å². The van der Waals surface area contributed by atoms with Gasteiger partial charge in [0.05, 0.1) is 23.9 Å². The summed E-state index contributed by atoms with van der Waals surface area (Å²) in [7, 11) is 0. The highest BCUT2D eigenvalue weighted by Gasteiger charge is 2.20. The van der Waals surface area contributed by atoms with Crippen LogP contribution in [0.1, 0.15) is 29.7 Å². The Balaban J connectivity index is 1.67. The Morgan fingerprint density at radius 2 is 2.18 bits per heavy atom. The van der Waals surface area contributed by atoms with Crippen LogP contribution in [0.2, 0.25) is 0 Å². The number of pyridine rings is 1. The lowest BCUT2D eigenvalue weighted by molar-refractivity contribution is -0.121. The number of aromatic nitrogens is 2. The van der Waals surface area contributed by atoms with Crippen LogP contribution in [0.4, 0.5) is 4.39 Å². The topological polar surface area (TPSA) is 55.6 Å². The zero-order chi connectivity index (χ0) is 19.7. The van der Waals surface area contributed by atoms with Gasteiger partial charge in [0.2, 0.25) is 5.91 Å². The summed E-state index contributed by atoms with van der Waals surface area (Å²) < 4.78 is 21.3. The number of carbonyl (C=O) groups is 1. The zero-order valence-corrected chi connectivity index (χ0v) is 16.2. The molecule has 1 unspecified atom stereocenters. The van der Waals surface area contributed by atoms with Gasteiger partial charge in [-0.15, -0.1) is 0 Å². The highest BCUT2D eigenvalue weighted by atomic mass is 19.1. The molecule has 1 aromatic carbocycles. The van der Waals surface area contributed by atoms with Crippen molar-refractivity contribution in [3.05, 3.63) is 59.2 Å². The van der Waals surface area contributed by atoms with Crippen LogP contribution < -0.4 is 5.32 Å². The second-order valence-electron chi connectivity index (χ2n) is 7.42. The quantitative estimate of drug-likeness (QED) is 0.735. The summed E-state index contributed by atoms with van der Waals surface area (Å²) in [4.78, 5) is 17.4. The molecule has 28 heavy (non-hydrogen) atoms. The Morgan fingerprint density at radius 3 is 2.93 bits per heavy atom. The fourth-order valence-electron chi connectivity index (χ4n) is 3.64. The SMILES string of the molecule is Cc1ccc2nc(-c3ccc(F)c(C)c3)c(CC(=O)NCC3CCCO3)n2c1. The first-order chi connectivity index (χ1) is 13.5. The number of amides is 1. The first-order valence-corrected chi connectivity index (χ1v) is 9.63. The monoisotopic (exact) mass is 381 g/mol. The van der Waals surface area contributed by atoms with Crippen LogP contribution in [0.5, 0.6) is 0 Å². The molecule has 1 fully saturated rings. The van der Waals surface area contributed by atoms with E-state index in [1.54, 1.807) is 19.1 Å². The van der Waals surface area contributed by atoms with Crippen LogP contribution in [0.15, 0.2) is 36.5 Å². The molecule has 1 atom stereocenters. The van der Waals surface area contributed by atoms with Gasteiger partial charge in [0.1, 0.15) is 11.5 Å². The third kappa shape index (κ3) is 3.78. The number of carbonyl (C=O) groups excluding carboxylic acids is 1. The molecule has 1 amide bonds. The molecule has 1 saturated heterocycles. The summed E-state index contributed by atoms with van der Waals surface area (Å²) in [6.45, 7) is 5.02. The first kappa shape index (κ1) is 18.6. The number of ether oxygens (including phenoxy) is 1. The molecule has 0 saturated carbocycles. The highest BCUT2D eigenvalue weighted by Crippen LogP contribution is 2.27. The van der Waals surface area contributed by atoms with Crippen molar-refractivity contribution in [2.45, 2.75) is 39.2 Å². The standard InChI is InChI=1S/C22H24FN3O2/c1-14-5-8-20-25-22(16-6-7-18(23)15(2)10-16)19(26(20)13-14)11-21(27)24-12-17-4-3-9-28-17/h5-8,10,13,17H,3-4,9,11-12H2,1-2H3,(H,24,27). The molecule has 6 heteroatoms. The average Bonchev–Trinajstić information content (AvgIpc) is 3.31. The summed E-state index contributed by atoms with van der Waals surface area (Å²) in [5.41, 5.74) is 4.72. The second-order valence-corrected chi connectivity index (χ2v) is 7.42. The third-order valence-electron chi connectivity index (χ3n) is 5.18. The Kier molecular flexibility index (Phi) is 5.13. The number of nitrogens with one attached hydrogen (secondary N) is 1. The van der Waals surface area contributed by atoms with Gasteiger partial charge in [-0.2, -0.15) is 0 Å². The van der Waals surface area contributed by atoms with E-state index >= 15 is 0 Å². The lowest BCUT2D eigenvalue weighted by Gasteiger charge is -2.11. The summed E-state index contributed by atoms with van der Waals surface area (Å²) in [6, 6.07) is 8.86. The lowest BCUT2D eigenvalue weighted by Crippen LogP contribution is -2.33. The predicted molar refractivity (Wildman–Crippen MR) is 106 cm³/mol. The predicted octanol–water partition coefficient (Wildman–Crippen LogP) is 3.59. The largest absolute Gasteiger partial charge is 0.376 e. The molecule has 0 spiro atoms. The number of aryl methyl sites for hydroxylation is 2. The van der Waals surface area contributed by atoms with Crippen LogP contribution in [-0.2, 0) is 16.0 Å². The van der Waals surface area contributed by atoms with Crippen molar-refractivity contribution in [2.75, 3.05) is 13.2 Å². The van der Waals surface area contributed by atoms with E-state index in [1.165, 1.54) is 6.07 Å². The van der Waals surface area contributed by atoms with E-state index in [9.17, 15) is 9.18 Å². The van der Waals surface area contributed by atoms with Crippen LogP contribution in [-0.4, -0.2) is 34.5 Å². The number of nitrogens with zero attached hydrogens (tertiary/aromatic N) is 2. The maximum atomic E-state index is 13.7. The van der Waals surface area contributed by atoms with Gasteiger partial charge >= 0.3 is 0 Å². The molecule has 146 valence electrons. The number of rotatable bonds is 5. The van der Waals surface area contributed by atoms with E-state index < -0.39 is 0 Å². The third-order valence-corrected chi connectivity index (χ3v) is 5.18. The van der Waals surface area contributed by atoms with Crippen LogP contribution in [0.25, 0.3) is 16.9 Å². The van der Waals surface area contributed by atoms with Crippen molar-refractivity contribution in [3.63, 3.8) is 0 Å². The minimum Gasteiger partial charge on any atom is -0.376 e. The molecule has 1 aliphatic heterocycles. The van der Waals surface area contributed by atoms with Gasteiger partial charge in [-0.1, -0.05) is 6.07 Å². The van der Waals surface area contributed by atoms with E-state index in [-0.39, 0.29) is 24.2 Å². The minimum absolute atomic E-state index is 0.0705. The number of imidazole rings is 1. The molecular formula is C22H24FN3O2. The number of benzene rings is 1. The molecule has 3 aromatic rings. The van der Waals surface area contributed by atoms with Crippen molar-refractivity contribution in [3.8, 4) is 11.3 Å². The van der Waals surface area contributed by atoms with Crippen molar-refractivity contribution >= 4 is 11.6 Å². The van der Waals surface area contributed by atoms with Gasteiger partial charge in [-0.05, 0) is 62.1 Å². The smallest absolute Gasteiger partial charge is 0.226 e. The van der Waals surface area contributed by atoms with Gasteiger partial charge in [0, 0.05) is 24.9 Å². The Hall–Kier alpha value is -2.73. The Morgan fingerprint density at radius 1 is 1.32 bits per heavy atom. The maximum absolute atomic E-state index is 13.7. The number of fused-ring (bicyclic) bond motifs is 1. The van der Waals surface area contributed by atoms with E-state index in [0.29, 0.717) is 17.8 Å². The lowest BCUT2D eigenvalue weighted by atomic mass is 10.1. The van der Waals surface area contributed by atoms with Gasteiger partial charge in [-0.25, -0.2) is 9.37 Å². The number of hydrogen-bond donors (Lipinski definition) is 1. The normalized spacial score (nSPS) is 16.6. The molecule has 0 radical (unpaired) electrons. The van der Waals surface area contributed by atoms with Crippen molar-refractivity contribution in [1.29, 1.82) is 0 Å². The molecule has 0 aliphatic carbocycles. The van der Waals surface area contributed by atoms with E-state index in [0.717, 1.165) is 41.9 Å². The minimum atomic E-state index is -0.251. The molecule has 2 aromatic heterocycles. The van der Waals surface area contributed by atoms with E-state index in [4.69, 9.17) is 9.72 Å². The molecular weight excluding hydrogens is 357 g/mol. The molecule has 0 bridgehead atoms. The van der Waals surface area contributed by atoms with Gasteiger partial charge < -0.3 is 14.5 Å². The van der Waals surface area contributed by atoms with Crippen molar-refractivity contribution < 1.29 is 13.9 Å². The Labute approximate surface area is 163 Å². The fraction of sp³-hybridized carbons (Fsp3) is 0.364. The summed E-state index contributed by atoms with van der Waals surface area (Å²) >= 11 is 0. The van der Waals surface area contributed by atoms with Gasteiger partial charge in [0.15, 0.2) is 0 Å². The van der Waals surface area contributed by atoms with Gasteiger partial charge in [-0.3, -0.25) is 4.79 Å². The fourth-order valence-corrected chi connectivity index (χ4v) is 3.64. The summed E-state index contributed by atoms with van der Waals surface area (Å²) in [5.74, 6) is -0.321. The molecule has 1 aliphatic rings. The first-order valence-electron chi connectivity index (χ1n) is 9.63. The number of hydrogen-bond acceptors (Lipinski definition) is 3. The van der Waals surface area contributed by atoms with Crippen LogP contribution in [0.3, 0.4) is 0 Å². The van der Waals surface area contributed by atoms with Crippen molar-refractivity contribution in [2.24, 2.45) is 0 Å². The van der Waals surface area contributed by atoms with Crippen molar-refractivity contribution in [1.82, 2.24) is 14.7 Å². The summed E-state index contributed by atoms with van der Waals surface area (Å²) in [6.07, 6.45) is 4.30.